The van der Waals surface area contributed by atoms with Crippen molar-refractivity contribution in [1.82, 2.24) is 4.90 Å². The van der Waals surface area contributed by atoms with Crippen LogP contribution in [0.1, 0.15) is 12.0 Å². The van der Waals surface area contributed by atoms with Crippen molar-refractivity contribution in [3.05, 3.63) is 34.1 Å². The van der Waals surface area contributed by atoms with E-state index in [9.17, 15) is 12.8 Å². The third-order valence-electron chi connectivity index (χ3n) is 3.07. The summed E-state index contributed by atoms with van der Waals surface area (Å²) in [6, 6.07) is 4.93. The van der Waals surface area contributed by atoms with Gasteiger partial charge in [-0.05, 0) is 40.5 Å². The number of hydrogen-bond acceptors (Lipinski definition) is 3. The summed E-state index contributed by atoms with van der Waals surface area (Å²) in [5.41, 5.74) is 0.856. The first-order valence-corrected chi connectivity index (χ1v) is 8.45. The van der Waals surface area contributed by atoms with E-state index in [0.29, 0.717) is 24.0 Å². The van der Waals surface area contributed by atoms with Gasteiger partial charge in [-0.1, -0.05) is 12.1 Å². The number of benzene rings is 1. The van der Waals surface area contributed by atoms with E-state index in [1.54, 1.807) is 6.07 Å². The van der Waals surface area contributed by atoms with Crippen molar-refractivity contribution in [2.24, 2.45) is 0 Å². The first-order valence-electron chi connectivity index (χ1n) is 5.83. The minimum Gasteiger partial charge on any atom is -0.298 e. The van der Waals surface area contributed by atoms with Crippen LogP contribution in [0.3, 0.4) is 0 Å². The van der Waals surface area contributed by atoms with Crippen molar-refractivity contribution in [3.8, 4) is 0 Å². The number of nitrogens with zero attached hydrogens (tertiary/aromatic N) is 1. The molecule has 1 aliphatic rings. The van der Waals surface area contributed by atoms with Crippen LogP contribution in [0.2, 0.25) is 0 Å². The molecule has 1 fully saturated rings. The molecule has 100 valence electrons. The van der Waals surface area contributed by atoms with Gasteiger partial charge in [-0.3, -0.25) is 4.90 Å². The molecule has 1 aromatic rings. The van der Waals surface area contributed by atoms with Gasteiger partial charge in [0.25, 0.3) is 0 Å². The molecule has 1 aliphatic heterocycles. The predicted molar refractivity (Wildman–Crippen MR) is 72.6 cm³/mol. The Morgan fingerprint density at radius 3 is 2.83 bits per heavy atom. The van der Waals surface area contributed by atoms with Gasteiger partial charge in [-0.2, -0.15) is 0 Å². The molecule has 0 radical (unpaired) electrons. The highest BCUT2D eigenvalue weighted by molar-refractivity contribution is 9.10. The lowest BCUT2D eigenvalue weighted by atomic mass is 10.2. The molecule has 0 spiro atoms. The summed E-state index contributed by atoms with van der Waals surface area (Å²) in [6.07, 6.45) is 0.648. The van der Waals surface area contributed by atoms with E-state index in [0.717, 1.165) is 12.1 Å². The maximum atomic E-state index is 13.4. The van der Waals surface area contributed by atoms with E-state index < -0.39 is 9.84 Å². The first kappa shape index (κ1) is 14.0. The molecule has 0 aromatic heterocycles. The Kier molecular flexibility index (Phi) is 4.40. The molecule has 0 amide bonds. The van der Waals surface area contributed by atoms with Crippen LogP contribution in [0.15, 0.2) is 22.7 Å². The second-order valence-corrected chi connectivity index (χ2v) is 7.59. The number of rotatable bonds is 2. The minimum atomic E-state index is -2.89. The second kappa shape index (κ2) is 5.67. The molecule has 0 N–H and O–H groups in total. The van der Waals surface area contributed by atoms with E-state index in [4.69, 9.17) is 0 Å². The summed E-state index contributed by atoms with van der Waals surface area (Å²) in [6.45, 7) is 1.83. The summed E-state index contributed by atoms with van der Waals surface area (Å²) < 4.78 is 36.8. The van der Waals surface area contributed by atoms with Crippen LogP contribution in [-0.2, 0) is 16.4 Å². The molecule has 6 heteroatoms. The van der Waals surface area contributed by atoms with Crippen LogP contribution in [0, 0.1) is 5.82 Å². The van der Waals surface area contributed by atoms with Gasteiger partial charge in [0.05, 0.1) is 16.0 Å². The highest BCUT2D eigenvalue weighted by Gasteiger charge is 2.19. The highest BCUT2D eigenvalue weighted by atomic mass is 79.9. The normalized spacial score (nSPS) is 20.6. The summed E-state index contributed by atoms with van der Waals surface area (Å²) in [4.78, 5) is 2.06. The van der Waals surface area contributed by atoms with Crippen molar-refractivity contribution < 1.29 is 12.8 Å². The van der Waals surface area contributed by atoms with Crippen molar-refractivity contribution in [1.29, 1.82) is 0 Å². The molecule has 1 heterocycles. The fourth-order valence-corrected chi connectivity index (χ4v) is 3.76. The Morgan fingerprint density at radius 2 is 2.06 bits per heavy atom. The van der Waals surface area contributed by atoms with E-state index in [1.165, 1.54) is 6.07 Å². The van der Waals surface area contributed by atoms with E-state index in [1.807, 2.05) is 6.07 Å². The molecule has 1 aromatic carbocycles. The van der Waals surface area contributed by atoms with Crippen LogP contribution >= 0.6 is 15.9 Å². The average Bonchev–Trinajstić information content (AvgIpc) is 2.47. The van der Waals surface area contributed by atoms with E-state index in [2.05, 4.69) is 20.8 Å². The van der Waals surface area contributed by atoms with Gasteiger partial charge in [-0.15, -0.1) is 0 Å². The Labute approximate surface area is 115 Å². The quantitative estimate of drug-likeness (QED) is 0.831. The summed E-state index contributed by atoms with van der Waals surface area (Å²) in [5, 5.41) is 0. The molecule has 1 saturated heterocycles. The van der Waals surface area contributed by atoms with Crippen LogP contribution in [0.25, 0.3) is 0 Å². The lowest BCUT2D eigenvalue weighted by Gasteiger charge is -2.20. The molecule has 0 bridgehead atoms. The number of sulfone groups is 1. The minimum absolute atomic E-state index is 0.194. The molecule has 0 atom stereocenters. The third-order valence-corrected chi connectivity index (χ3v) is 5.68. The molecule has 18 heavy (non-hydrogen) atoms. The van der Waals surface area contributed by atoms with Crippen LogP contribution in [0.5, 0.6) is 0 Å². The fraction of sp³-hybridized carbons (Fsp3) is 0.500. The number of hydrogen-bond donors (Lipinski definition) is 0. The van der Waals surface area contributed by atoms with Gasteiger partial charge in [0.1, 0.15) is 5.82 Å². The highest BCUT2D eigenvalue weighted by Crippen LogP contribution is 2.22. The first-order chi connectivity index (χ1) is 8.48. The maximum absolute atomic E-state index is 13.4. The summed E-state index contributed by atoms with van der Waals surface area (Å²) in [7, 11) is -2.89. The van der Waals surface area contributed by atoms with Crippen LogP contribution in [0.4, 0.5) is 4.39 Å². The third kappa shape index (κ3) is 3.52. The SMILES string of the molecule is O=S1(=O)CCCN(Cc2cccc(F)c2Br)CC1. The molecule has 3 nitrogen and oxygen atoms in total. The maximum Gasteiger partial charge on any atom is 0.151 e. The molecule has 0 unspecified atom stereocenters. The largest absolute Gasteiger partial charge is 0.298 e. The van der Waals surface area contributed by atoms with Crippen LogP contribution < -0.4 is 0 Å². The van der Waals surface area contributed by atoms with Crippen molar-refractivity contribution in [2.45, 2.75) is 13.0 Å². The summed E-state index contributed by atoms with van der Waals surface area (Å²) in [5.74, 6) is 0.170. The fourth-order valence-electron chi connectivity index (χ4n) is 2.06. The van der Waals surface area contributed by atoms with Crippen LogP contribution in [-0.4, -0.2) is 37.9 Å². The molecule has 2 rings (SSSR count). The topological polar surface area (TPSA) is 37.4 Å². The average molecular weight is 336 g/mol. The zero-order chi connectivity index (χ0) is 13.2. The van der Waals surface area contributed by atoms with Gasteiger partial charge in [0.2, 0.25) is 0 Å². The molecule has 0 saturated carbocycles. The van der Waals surface area contributed by atoms with Gasteiger partial charge in [0.15, 0.2) is 9.84 Å². The smallest absolute Gasteiger partial charge is 0.151 e. The molecular weight excluding hydrogens is 321 g/mol. The summed E-state index contributed by atoms with van der Waals surface area (Å²) >= 11 is 3.23. The monoisotopic (exact) mass is 335 g/mol. The molecular formula is C12H15BrFNO2S. The van der Waals surface area contributed by atoms with Gasteiger partial charge < -0.3 is 0 Å². The lowest BCUT2D eigenvalue weighted by molar-refractivity contribution is 0.286. The standard InChI is InChI=1S/C12H15BrFNO2S/c13-12-10(3-1-4-11(12)14)9-15-5-2-7-18(16,17)8-6-15/h1,3-4H,2,5-9H2. The van der Waals surface area contributed by atoms with E-state index >= 15 is 0 Å². The van der Waals surface area contributed by atoms with Crippen molar-refractivity contribution in [2.75, 3.05) is 24.6 Å². The Morgan fingerprint density at radius 1 is 1.28 bits per heavy atom. The van der Waals surface area contributed by atoms with Gasteiger partial charge >= 0.3 is 0 Å². The predicted octanol–water partition coefficient (Wildman–Crippen LogP) is 2.21. The van der Waals surface area contributed by atoms with Crippen molar-refractivity contribution in [3.63, 3.8) is 0 Å². The lowest BCUT2D eigenvalue weighted by Crippen LogP contribution is -2.26. The Balaban J connectivity index is 2.08. The zero-order valence-corrected chi connectivity index (χ0v) is 12.3. The van der Waals surface area contributed by atoms with Crippen molar-refractivity contribution >= 4 is 25.8 Å². The number of halogens is 2. The van der Waals surface area contributed by atoms with Gasteiger partial charge in [-0.25, -0.2) is 12.8 Å². The molecule has 0 aliphatic carbocycles. The zero-order valence-electron chi connectivity index (χ0n) is 9.90. The Bertz CT molecular complexity index is 533. The van der Waals surface area contributed by atoms with E-state index in [-0.39, 0.29) is 17.3 Å². The van der Waals surface area contributed by atoms with Gasteiger partial charge in [0, 0.05) is 13.1 Å². The second-order valence-electron chi connectivity index (χ2n) is 4.49. The Hall–Kier alpha value is -0.460.